The average Bonchev–Trinajstić information content (AvgIpc) is 3.19. The lowest BCUT2D eigenvalue weighted by atomic mass is 10.1. The molecule has 7 nitrogen and oxygen atoms in total. The van der Waals surface area contributed by atoms with Gasteiger partial charge in [0.25, 0.3) is 5.91 Å². The fourth-order valence-electron chi connectivity index (χ4n) is 3.49. The van der Waals surface area contributed by atoms with Crippen LogP contribution in [0.25, 0.3) is 11.3 Å². The quantitative estimate of drug-likeness (QED) is 0.287. The summed E-state index contributed by atoms with van der Waals surface area (Å²) in [4.78, 5) is 30.1. The number of hydrogen-bond donors (Lipinski definition) is 4. The van der Waals surface area contributed by atoms with Gasteiger partial charge in [0.15, 0.2) is 5.13 Å². The summed E-state index contributed by atoms with van der Waals surface area (Å²) in [6.45, 7) is 1.97. The van der Waals surface area contributed by atoms with Gasteiger partial charge >= 0.3 is 5.97 Å². The Morgan fingerprint density at radius 1 is 1.00 bits per heavy atom. The number of aliphatic carboxylic acids is 1. The molecule has 0 spiro atoms. The van der Waals surface area contributed by atoms with Crippen LogP contribution >= 0.6 is 11.3 Å². The minimum atomic E-state index is -1.09. The number of benzene rings is 3. The van der Waals surface area contributed by atoms with Crippen molar-refractivity contribution in [1.29, 1.82) is 0 Å². The maximum absolute atomic E-state index is 12.8. The van der Waals surface area contributed by atoms with Crippen LogP contribution in [0.2, 0.25) is 0 Å². The summed E-state index contributed by atoms with van der Waals surface area (Å²) >= 11 is 1.48. The lowest BCUT2D eigenvalue weighted by Gasteiger charge is -2.15. The normalized spacial score (nSPS) is 11.6. The van der Waals surface area contributed by atoms with Crippen molar-refractivity contribution in [2.75, 3.05) is 5.32 Å². The molecule has 0 bridgehead atoms. The molecule has 0 unspecified atom stereocenters. The smallest absolute Gasteiger partial charge is 0.326 e. The van der Waals surface area contributed by atoms with Crippen LogP contribution in [0.1, 0.15) is 20.8 Å². The zero-order chi connectivity index (χ0) is 24.1. The number of phenolic OH excluding ortho intramolecular Hbond substituents is 1. The monoisotopic (exact) mass is 473 g/mol. The van der Waals surface area contributed by atoms with Crippen molar-refractivity contribution in [3.05, 3.63) is 94.9 Å². The number of carbonyl (C=O) groups excluding carboxylic acids is 1. The Labute approximate surface area is 200 Å². The van der Waals surface area contributed by atoms with Gasteiger partial charge < -0.3 is 20.8 Å². The van der Waals surface area contributed by atoms with E-state index in [1.165, 1.54) is 11.3 Å². The first-order valence-corrected chi connectivity index (χ1v) is 11.4. The van der Waals surface area contributed by atoms with Gasteiger partial charge in [0.2, 0.25) is 0 Å². The molecule has 34 heavy (non-hydrogen) atoms. The third-order valence-corrected chi connectivity index (χ3v) is 6.09. The Balaban J connectivity index is 1.47. The van der Waals surface area contributed by atoms with E-state index < -0.39 is 17.9 Å². The first-order valence-electron chi connectivity index (χ1n) is 10.6. The van der Waals surface area contributed by atoms with E-state index in [9.17, 15) is 19.8 Å². The minimum absolute atomic E-state index is 0.193. The number of aromatic hydroxyl groups is 1. The molecule has 4 N–H and O–H groups in total. The van der Waals surface area contributed by atoms with E-state index in [0.29, 0.717) is 16.4 Å². The Kier molecular flexibility index (Phi) is 6.89. The molecule has 4 aromatic rings. The minimum Gasteiger partial charge on any atom is -0.508 e. The number of aryl methyl sites for hydroxylation is 1. The third-order valence-electron chi connectivity index (χ3n) is 5.20. The van der Waals surface area contributed by atoms with Crippen molar-refractivity contribution in [1.82, 2.24) is 10.3 Å². The number of carboxylic acids is 1. The number of rotatable bonds is 8. The van der Waals surface area contributed by atoms with Crippen LogP contribution < -0.4 is 10.6 Å². The van der Waals surface area contributed by atoms with Gasteiger partial charge in [-0.2, -0.15) is 0 Å². The van der Waals surface area contributed by atoms with Crippen LogP contribution in [-0.2, 0) is 11.2 Å². The van der Waals surface area contributed by atoms with E-state index in [2.05, 4.69) is 15.6 Å². The molecule has 0 saturated carbocycles. The Morgan fingerprint density at radius 2 is 1.74 bits per heavy atom. The van der Waals surface area contributed by atoms with Crippen molar-refractivity contribution < 1.29 is 19.8 Å². The molecule has 0 aliphatic heterocycles. The highest BCUT2D eigenvalue weighted by molar-refractivity contribution is 7.16. The highest BCUT2D eigenvalue weighted by Crippen LogP contribution is 2.32. The number of nitrogens with zero attached hydrogens (tertiary/aromatic N) is 1. The van der Waals surface area contributed by atoms with Gasteiger partial charge in [-0.1, -0.05) is 36.4 Å². The SMILES string of the molecule is Cc1sc(Nc2cccc(C(=O)N[C@@H](Cc3ccccc3)C(=O)O)c2)nc1-c1ccc(O)cc1. The predicted molar refractivity (Wildman–Crippen MR) is 133 cm³/mol. The molecule has 1 heterocycles. The summed E-state index contributed by atoms with van der Waals surface area (Å²) in [5.74, 6) is -1.36. The zero-order valence-corrected chi connectivity index (χ0v) is 19.2. The molecular weight excluding hydrogens is 450 g/mol. The molecule has 3 aromatic carbocycles. The van der Waals surface area contributed by atoms with E-state index in [-0.39, 0.29) is 12.2 Å². The van der Waals surface area contributed by atoms with Crippen LogP contribution in [0.15, 0.2) is 78.9 Å². The van der Waals surface area contributed by atoms with E-state index in [4.69, 9.17) is 0 Å². The third kappa shape index (κ3) is 5.60. The second kappa shape index (κ2) is 10.2. The van der Waals surface area contributed by atoms with Gasteiger partial charge in [-0.25, -0.2) is 9.78 Å². The van der Waals surface area contributed by atoms with Crippen molar-refractivity contribution in [2.24, 2.45) is 0 Å². The number of nitrogens with one attached hydrogen (secondary N) is 2. The molecule has 1 amide bonds. The molecule has 0 fully saturated rings. The van der Waals surface area contributed by atoms with E-state index in [0.717, 1.165) is 21.7 Å². The number of amides is 1. The van der Waals surface area contributed by atoms with Crippen molar-refractivity contribution in [3.8, 4) is 17.0 Å². The number of aromatic nitrogens is 1. The first kappa shape index (κ1) is 23.0. The van der Waals surface area contributed by atoms with Gasteiger partial charge in [-0.3, -0.25) is 4.79 Å². The predicted octanol–water partition coefficient (Wildman–Crippen LogP) is 4.99. The van der Waals surface area contributed by atoms with Gasteiger partial charge in [0.1, 0.15) is 11.8 Å². The van der Waals surface area contributed by atoms with E-state index in [1.54, 1.807) is 42.5 Å². The highest BCUT2D eigenvalue weighted by Gasteiger charge is 2.21. The number of carbonyl (C=O) groups is 2. The highest BCUT2D eigenvalue weighted by atomic mass is 32.1. The Hall–Kier alpha value is -4.17. The maximum atomic E-state index is 12.8. The zero-order valence-electron chi connectivity index (χ0n) is 18.4. The lowest BCUT2D eigenvalue weighted by Crippen LogP contribution is -2.42. The molecule has 0 aliphatic rings. The molecule has 0 radical (unpaired) electrons. The number of carboxylic acid groups (broad SMARTS) is 1. The second-order valence-electron chi connectivity index (χ2n) is 7.73. The molecule has 172 valence electrons. The van der Waals surface area contributed by atoms with Gasteiger partial charge in [0, 0.05) is 28.1 Å². The summed E-state index contributed by atoms with van der Waals surface area (Å²) in [7, 11) is 0. The van der Waals surface area contributed by atoms with Crippen LogP contribution in [0.3, 0.4) is 0 Å². The van der Waals surface area contributed by atoms with Crippen LogP contribution in [0, 0.1) is 6.92 Å². The fraction of sp³-hybridized carbons (Fsp3) is 0.115. The largest absolute Gasteiger partial charge is 0.508 e. The molecule has 8 heteroatoms. The number of thiazole rings is 1. The van der Waals surface area contributed by atoms with E-state index >= 15 is 0 Å². The molecule has 1 aromatic heterocycles. The fourth-order valence-corrected chi connectivity index (χ4v) is 4.35. The van der Waals surface area contributed by atoms with Crippen molar-refractivity contribution in [3.63, 3.8) is 0 Å². The molecule has 0 aliphatic carbocycles. The summed E-state index contributed by atoms with van der Waals surface area (Å²) in [6.07, 6.45) is 0.193. The summed E-state index contributed by atoms with van der Waals surface area (Å²) in [6, 6.07) is 21.8. The summed E-state index contributed by atoms with van der Waals surface area (Å²) < 4.78 is 0. The van der Waals surface area contributed by atoms with Crippen molar-refractivity contribution in [2.45, 2.75) is 19.4 Å². The topological polar surface area (TPSA) is 112 Å². The number of hydrogen-bond acceptors (Lipinski definition) is 6. The average molecular weight is 474 g/mol. The molecule has 0 saturated heterocycles. The lowest BCUT2D eigenvalue weighted by molar-refractivity contribution is -0.139. The van der Waals surface area contributed by atoms with Crippen molar-refractivity contribution >= 4 is 34.0 Å². The number of phenols is 1. The van der Waals surface area contributed by atoms with Gasteiger partial charge in [0.05, 0.1) is 5.69 Å². The molecule has 1 atom stereocenters. The summed E-state index contributed by atoms with van der Waals surface area (Å²) in [5.41, 5.74) is 3.54. The van der Waals surface area contributed by atoms with Gasteiger partial charge in [-0.15, -0.1) is 11.3 Å². The van der Waals surface area contributed by atoms with Crippen LogP contribution in [-0.4, -0.2) is 33.1 Å². The van der Waals surface area contributed by atoms with Crippen LogP contribution in [0.5, 0.6) is 5.75 Å². The Bertz CT molecular complexity index is 1300. The second-order valence-corrected chi connectivity index (χ2v) is 8.93. The molecular formula is C26H23N3O4S. The first-order chi connectivity index (χ1) is 16.4. The maximum Gasteiger partial charge on any atom is 0.326 e. The molecule has 4 rings (SSSR count). The standard InChI is InChI=1S/C26H23N3O4S/c1-16-23(18-10-12-21(30)13-11-18)29-26(34-16)27-20-9-5-8-19(15-20)24(31)28-22(25(32)33)14-17-6-3-2-4-7-17/h2-13,15,22,30H,14H2,1H3,(H,27,29)(H,28,31)(H,32,33)/t22-/m0/s1. The summed E-state index contributed by atoms with van der Waals surface area (Å²) in [5, 5.41) is 25.6. The number of anilines is 2. The Morgan fingerprint density at radius 3 is 2.44 bits per heavy atom. The van der Waals surface area contributed by atoms with Gasteiger partial charge in [-0.05, 0) is 55.0 Å². The van der Waals surface area contributed by atoms with E-state index in [1.807, 2.05) is 43.3 Å². The van der Waals surface area contributed by atoms with Crippen LogP contribution in [0.4, 0.5) is 10.8 Å².